The van der Waals surface area contributed by atoms with Gasteiger partial charge in [-0.1, -0.05) is 23.7 Å². The molecule has 0 spiro atoms. The average molecular weight is 281 g/mol. The molecular weight excluding hydrogens is 260 g/mol. The SMILES string of the molecule is Clc1ccccc1OCCN1CCC2NCCC2C1. The van der Waals surface area contributed by atoms with Crippen molar-refractivity contribution in [2.24, 2.45) is 5.92 Å². The average Bonchev–Trinajstić information content (AvgIpc) is 2.88. The summed E-state index contributed by atoms with van der Waals surface area (Å²) in [6.45, 7) is 5.30. The molecule has 0 radical (unpaired) electrons. The Balaban J connectivity index is 1.44. The van der Waals surface area contributed by atoms with Crippen molar-refractivity contribution in [3.63, 3.8) is 0 Å². The summed E-state index contributed by atoms with van der Waals surface area (Å²) in [6.07, 6.45) is 2.60. The van der Waals surface area contributed by atoms with Gasteiger partial charge >= 0.3 is 0 Å². The van der Waals surface area contributed by atoms with Crippen LogP contribution in [0.1, 0.15) is 12.8 Å². The summed E-state index contributed by atoms with van der Waals surface area (Å²) in [7, 11) is 0. The van der Waals surface area contributed by atoms with Gasteiger partial charge in [-0.3, -0.25) is 4.90 Å². The Morgan fingerprint density at radius 1 is 1.32 bits per heavy atom. The lowest BCUT2D eigenvalue weighted by atomic mass is 9.93. The van der Waals surface area contributed by atoms with E-state index in [0.29, 0.717) is 11.6 Å². The summed E-state index contributed by atoms with van der Waals surface area (Å²) in [5, 5.41) is 4.29. The van der Waals surface area contributed by atoms with E-state index in [2.05, 4.69) is 10.2 Å². The third-order valence-electron chi connectivity index (χ3n) is 4.24. The van der Waals surface area contributed by atoms with Gasteiger partial charge in [-0.15, -0.1) is 0 Å². The molecule has 1 aromatic carbocycles. The lowest BCUT2D eigenvalue weighted by Gasteiger charge is -2.34. The Morgan fingerprint density at radius 2 is 2.21 bits per heavy atom. The minimum absolute atomic E-state index is 0.696. The van der Waals surface area contributed by atoms with Crippen LogP contribution in [-0.2, 0) is 0 Å². The fourth-order valence-electron chi connectivity index (χ4n) is 3.17. The van der Waals surface area contributed by atoms with E-state index in [0.717, 1.165) is 24.3 Å². The molecule has 0 aliphatic carbocycles. The highest BCUT2D eigenvalue weighted by Gasteiger charge is 2.32. The van der Waals surface area contributed by atoms with Gasteiger partial charge in [-0.2, -0.15) is 0 Å². The first-order valence-electron chi connectivity index (χ1n) is 7.16. The fourth-order valence-corrected chi connectivity index (χ4v) is 3.36. The number of likely N-dealkylation sites (tertiary alicyclic amines) is 1. The van der Waals surface area contributed by atoms with Crippen LogP contribution in [0.3, 0.4) is 0 Å². The Hall–Kier alpha value is -0.770. The molecule has 2 aliphatic rings. The Morgan fingerprint density at radius 3 is 3.11 bits per heavy atom. The van der Waals surface area contributed by atoms with Gasteiger partial charge in [0.1, 0.15) is 12.4 Å². The van der Waals surface area contributed by atoms with Gasteiger partial charge in [-0.05, 0) is 44.0 Å². The molecule has 0 aromatic heterocycles. The van der Waals surface area contributed by atoms with E-state index < -0.39 is 0 Å². The number of fused-ring (bicyclic) bond motifs is 1. The van der Waals surface area contributed by atoms with Gasteiger partial charge in [0, 0.05) is 19.1 Å². The van der Waals surface area contributed by atoms with Crippen molar-refractivity contribution in [3.8, 4) is 5.75 Å². The molecule has 1 N–H and O–H groups in total. The van der Waals surface area contributed by atoms with Crippen LogP contribution >= 0.6 is 11.6 Å². The standard InChI is InChI=1S/C15H21ClN2O/c16-13-3-1-2-4-15(13)19-10-9-18-8-6-14-12(11-18)5-7-17-14/h1-4,12,14,17H,5-11H2. The number of halogens is 1. The predicted octanol–water partition coefficient (Wildman–Crippen LogP) is 2.40. The molecule has 2 aliphatic heterocycles. The second-order valence-electron chi connectivity index (χ2n) is 5.48. The zero-order chi connectivity index (χ0) is 13.1. The van der Waals surface area contributed by atoms with Crippen molar-refractivity contribution in [2.75, 3.05) is 32.8 Å². The van der Waals surface area contributed by atoms with Crippen molar-refractivity contribution in [3.05, 3.63) is 29.3 Å². The number of piperidine rings is 1. The van der Waals surface area contributed by atoms with Crippen molar-refractivity contribution < 1.29 is 4.74 Å². The highest BCUT2D eigenvalue weighted by Crippen LogP contribution is 2.25. The molecule has 0 saturated carbocycles. The van der Waals surface area contributed by atoms with Crippen LogP contribution in [0.15, 0.2) is 24.3 Å². The molecule has 3 rings (SSSR count). The van der Waals surface area contributed by atoms with Crippen molar-refractivity contribution in [2.45, 2.75) is 18.9 Å². The lowest BCUT2D eigenvalue weighted by molar-refractivity contribution is 0.138. The number of rotatable bonds is 4. The molecule has 2 unspecified atom stereocenters. The Kier molecular flexibility index (Phi) is 4.26. The van der Waals surface area contributed by atoms with E-state index in [4.69, 9.17) is 16.3 Å². The Bertz CT molecular complexity index is 426. The maximum absolute atomic E-state index is 6.07. The molecule has 2 heterocycles. The van der Waals surface area contributed by atoms with Crippen LogP contribution in [0, 0.1) is 5.92 Å². The number of para-hydroxylation sites is 1. The molecule has 19 heavy (non-hydrogen) atoms. The molecular formula is C15H21ClN2O. The van der Waals surface area contributed by atoms with Crippen LogP contribution in [0.25, 0.3) is 0 Å². The summed E-state index contributed by atoms with van der Waals surface area (Å²) >= 11 is 6.07. The fraction of sp³-hybridized carbons (Fsp3) is 0.600. The number of hydrogen-bond acceptors (Lipinski definition) is 3. The topological polar surface area (TPSA) is 24.5 Å². The predicted molar refractivity (Wildman–Crippen MR) is 77.9 cm³/mol. The summed E-state index contributed by atoms with van der Waals surface area (Å²) in [5.41, 5.74) is 0. The van der Waals surface area contributed by atoms with Crippen molar-refractivity contribution in [1.29, 1.82) is 0 Å². The van der Waals surface area contributed by atoms with Gasteiger partial charge < -0.3 is 10.1 Å². The van der Waals surface area contributed by atoms with Crippen LogP contribution in [0.2, 0.25) is 5.02 Å². The monoisotopic (exact) mass is 280 g/mol. The minimum Gasteiger partial charge on any atom is -0.491 e. The molecule has 2 atom stereocenters. The number of ether oxygens (including phenoxy) is 1. The van der Waals surface area contributed by atoms with E-state index in [1.807, 2.05) is 24.3 Å². The first-order chi connectivity index (χ1) is 9.33. The van der Waals surface area contributed by atoms with Gasteiger partial charge in [0.2, 0.25) is 0 Å². The summed E-state index contributed by atoms with van der Waals surface area (Å²) in [5.74, 6) is 1.63. The maximum Gasteiger partial charge on any atom is 0.137 e. The highest BCUT2D eigenvalue weighted by atomic mass is 35.5. The second kappa shape index (κ2) is 6.12. The van der Waals surface area contributed by atoms with Crippen LogP contribution in [0.4, 0.5) is 0 Å². The molecule has 104 valence electrons. The van der Waals surface area contributed by atoms with Crippen molar-refractivity contribution in [1.82, 2.24) is 10.2 Å². The number of nitrogens with zero attached hydrogens (tertiary/aromatic N) is 1. The van der Waals surface area contributed by atoms with E-state index >= 15 is 0 Å². The van der Waals surface area contributed by atoms with Crippen LogP contribution in [-0.4, -0.2) is 43.7 Å². The van der Waals surface area contributed by atoms with E-state index in [9.17, 15) is 0 Å². The molecule has 1 aromatic rings. The lowest BCUT2D eigenvalue weighted by Crippen LogP contribution is -2.45. The summed E-state index contributed by atoms with van der Waals surface area (Å²) < 4.78 is 5.76. The van der Waals surface area contributed by atoms with E-state index in [-0.39, 0.29) is 0 Å². The second-order valence-corrected chi connectivity index (χ2v) is 5.88. The number of nitrogens with one attached hydrogen (secondary N) is 1. The maximum atomic E-state index is 6.07. The third-order valence-corrected chi connectivity index (χ3v) is 4.55. The first kappa shape index (κ1) is 13.2. The van der Waals surface area contributed by atoms with Gasteiger partial charge in [0.15, 0.2) is 0 Å². The summed E-state index contributed by atoms with van der Waals surface area (Å²) in [6, 6.07) is 8.44. The molecule has 3 nitrogen and oxygen atoms in total. The minimum atomic E-state index is 0.696. The zero-order valence-electron chi connectivity index (χ0n) is 11.1. The van der Waals surface area contributed by atoms with E-state index in [1.165, 1.54) is 32.5 Å². The quantitative estimate of drug-likeness (QED) is 0.917. The molecule has 2 saturated heterocycles. The summed E-state index contributed by atoms with van der Waals surface area (Å²) in [4.78, 5) is 2.52. The van der Waals surface area contributed by atoms with Crippen molar-refractivity contribution >= 4 is 11.6 Å². The van der Waals surface area contributed by atoms with Gasteiger partial charge in [0.05, 0.1) is 5.02 Å². The number of benzene rings is 1. The molecule has 0 bridgehead atoms. The Labute approximate surface area is 119 Å². The molecule has 4 heteroatoms. The van der Waals surface area contributed by atoms with Crippen LogP contribution < -0.4 is 10.1 Å². The first-order valence-corrected chi connectivity index (χ1v) is 7.54. The number of hydrogen-bond donors (Lipinski definition) is 1. The van der Waals surface area contributed by atoms with Gasteiger partial charge in [-0.25, -0.2) is 0 Å². The normalized spacial score (nSPS) is 27.2. The highest BCUT2D eigenvalue weighted by molar-refractivity contribution is 6.32. The smallest absolute Gasteiger partial charge is 0.137 e. The molecule has 0 amide bonds. The zero-order valence-corrected chi connectivity index (χ0v) is 11.9. The van der Waals surface area contributed by atoms with Crippen LogP contribution in [0.5, 0.6) is 5.75 Å². The largest absolute Gasteiger partial charge is 0.491 e. The van der Waals surface area contributed by atoms with E-state index in [1.54, 1.807) is 0 Å². The molecule has 2 fully saturated rings. The third kappa shape index (κ3) is 3.22. The van der Waals surface area contributed by atoms with Gasteiger partial charge in [0.25, 0.3) is 0 Å².